The van der Waals surface area contributed by atoms with Crippen LogP contribution in [0.4, 0.5) is 0 Å². The van der Waals surface area contributed by atoms with Crippen LogP contribution in [0.5, 0.6) is 0 Å². The Morgan fingerprint density at radius 3 is 1.69 bits per heavy atom. The van der Waals surface area contributed by atoms with Crippen LogP contribution in [-0.4, -0.2) is 55.2 Å². The van der Waals surface area contributed by atoms with Gasteiger partial charge in [0.25, 0.3) is 0 Å². The molecule has 0 rings (SSSR count). The van der Waals surface area contributed by atoms with E-state index in [0.717, 1.165) is 0 Å². The molecule has 0 amide bonds. The summed E-state index contributed by atoms with van der Waals surface area (Å²) in [6.07, 6.45) is -0.612. The summed E-state index contributed by atoms with van der Waals surface area (Å²) in [5.41, 5.74) is 0. The number of hydrogen-bond acceptors (Lipinski definition) is 8. The lowest BCUT2D eigenvalue weighted by Gasteiger charge is -2.10. The molecule has 2 unspecified atom stereocenters. The zero-order valence-corrected chi connectivity index (χ0v) is 10.8. The molecule has 0 aromatic carbocycles. The summed E-state index contributed by atoms with van der Waals surface area (Å²) in [6, 6.07) is 0. The molecule has 0 aromatic heterocycles. The summed E-state index contributed by atoms with van der Waals surface area (Å²) in [5, 5.41) is 17.1. The average molecular weight is 280 g/mol. The minimum atomic E-state index is -2.61. The smallest absolute Gasteiger partial charge is 0.334 e. The normalized spacial score (nSPS) is 14.6. The SMILES string of the molecule is CC(O)COC(C)CO.OP(O)OP(O)O. The largest absolute Gasteiger partial charge is 0.394 e. The van der Waals surface area contributed by atoms with Crippen LogP contribution >= 0.6 is 17.2 Å². The van der Waals surface area contributed by atoms with Crippen LogP contribution in [0.2, 0.25) is 0 Å². The third-order valence-electron chi connectivity index (χ3n) is 1.03. The molecule has 16 heavy (non-hydrogen) atoms. The highest BCUT2D eigenvalue weighted by Gasteiger charge is 2.05. The van der Waals surface area contributed by atoms with E-state index in [1.54, 1.807) is 13.8 Å². The molecule has 0 radical (unpaired) electrons. The van der Waals surface area contributed by atoms with E-state index in [1.807, 2.05) is 0 Å². The molecular formula is C6H18O8P2. The maximum atomic E-state index is 8.69. The van der Waals surface area contributed by atoms with E-state index >= 15 is 0 Å². The van der Waals surface area contributed by atoms with Crippen LogP contribution in [-0.2, 0) is 9.05 Å². The van der Waals surface area contributed by atoms with Gasteiger partial charge in [-0.05, 0) is 13.8 Å². The molecule has 0 aliphatic carbocycles. The third-order valence-corrected chi connectivity index (χ3v) is 2.19. The summed E-state index contributed by atoms with van der Waals surface area (Å²) < 4.78 is 8.55. The molecule has 0 saturated heterocycles. The van der Waals surface area contributed by atoms with E-state index in [-0.39, 0.29) is 12.7 Å². The Hall–Kier alpha value is 0.540. The van der Waals surface area contributed by atoms with Gasteiger partial charge in [-0.15, -0.1) is 0 Å². The van der Waals surface area contributed by atoms with E-state index in [2.05, 4.69) is 4.31 Å². The molecular weight excluding hydrogens is 262 g/mol. The van der Waals surface area contributed by atoms with Crippen molar-refractivity contribution in [2.45, 2.75) is 26.1 Å². The molecule has 2 atom stereocenters. The predicted octanol–water partition coefficient (Wildman–Crippen LogP) is -0.809. The van der Waals surface area contributed by atoms with Gasteiger partial charge in [-0.3, -0.25) is 0 Å². The van der Waals surface area contributed by atoms with Crippen molar-refractivity contribution in [2.24, 2.45) is 0 Å². The molecule has 0 bridgehead atoms. The Morgan fingerprint density at radius 1 is 1.06 bits per heavy atom. The second-order valence-corrected chi connectivity index (χ2v) is 4.43. The molecule has 6 N–H and O–H groups in total. The fourth-order valence-electron chi connectivity index (χ4n) is 0.422. The van der Waals surface area contributed by atoms with Crippen LogP contribution in [0.1, 0.15) is 13.8 Å². The quantitative estimate of drug-likeness (QED) is 0.347. The van der Waals surface area contributed by atoms with Crippen molar-refractivity contribution in [3.05, 3.63) is 0 Å². The minimum absolute atomic E-state index is 0.00667. The van der Waals surface area contributed by atoms with Crippen molar-refractivity contribution >= 4 is 17.2 Å². The number of hydrogen-bond donors (Lipinski definition) is 6. The summed E-state index contributed by atoms with van der Waals surface area (Å²) in [7, 11) is -5.22. The molecule has 0 aromatic rings. The first kappa shape index (κ1) is 18.9. The summed E-state index contributed by atoms with van der Waals surface area (Å²) in [5.74, 6) is 0. The van der Waals surface area contributed by atoms with Gasteiger partial charge in [-0.25, -0.2) is 4.31 Å². The zero-order valence-electron chi connectivity index (χ0n) is 8.96. The standard InChI is InChI=1S/C6H14O3.H4O5P2/c1-5(8)4-9-6(2)3-7;1-6(2)5-7(3)4/h5-8H,3-4H2,1-2H3;1-4H. The van der Waals surface area contributed by atoms with Crippen LogP contribution in [0, 0.1) is 0 Å². The summed E-state index contributed by atoms with van der Waals surface area (Å²) >= 11 is 0. The predicted molar refractivity (Wildman–Crippen MR) is 58.0 cm³/mol. The van der Waals surface area contributed by atoms with Crippen LogP contribution in [0.25, 0.3) is 0 Å². The maximum absolute atomic E-state index is 8.69. The summed E-state index contributed by atoms with van der Waals surface area (Å²) in [6.45, 7) is 3.70. The highest BCUT2D eigenvalue weighted by molar-refractivity contribution is 7.53. The monoisotopic (exact) mass is 280 g/mol. The molecule has 8 nitrogen and oxygen atoms in total. The van der Waals surface area contributed by atoms with Crippen molar-refractivity contribution in [3.63, 3.8) is 0 Å². The lowest BCUT2D eigenvalue weighted by molar-refractivity contribution is -0.0177. The lowest BCUT2D eigenvalue weighted by Crippen LogP contribution is -2.19. The highest BCUT2D eigenvalue weighted by atomic mass is 31.2. The van der Waals surface area contributed by atoms with E-state index < -0.39 is 23.3 Å². The van der Waals surface area contributed by atoms with E-state index in [0.29, 0.717) is 6.61 Å². The Bertz CT molecular complexity index is 138. The molecule has 0 saturated carbocycles. The van der Waals surface area contributed by atoms with Crippen molar-refractivity contribution in [1.29, 1.82) is 0 Å². The average Bonchev–Trinajstić information content (AvgIpc) is 2.12. The molecule has 0 heterocycles. The van der Waals surface area contributed by atoms with Gasteiger partial charge in [0.15, 0.2) is 0 Å². The van der Waals surface area contributed by atoms with E-state index in [9.17, 15) is 0 Å². The van der Waals surface area contributed by atoms with Crippen LogP contribution in [0.3, 0.4) is 0 Å². The maximum Gasteiger partial charge on any atom is 0.334 e. The molecule has 0 aliphatic rings. The van der Waals surface area contributed by atoms with E-state index in [1.165, 1.54) is 0 Å². The van der Waals surface area contributed by atoms with Gasteiger partial charge in [0.05, 0.1) is 25.4 Å². The number of rotatable bonds is 6. The molecule has 0 spiro atoms. The van der Waals surface area contributed by atoms with Crippen molar-refractivity contribution < 1.29 is 38.8 Å². The Labute approximate surface area is 96.1 Å². The van der Waals surface area contributed by atoms with Gasteiger partial charge in [0.1, 0.15) is 0 Å². The third kappa shape index (κ3) is 20.0. The first-order valence-corrected chi connectivity index (χ1v) is 6.57. The van der Waals surface area contributed by atoms with Gasteiger partial charge in [-0.2, -0.15) is 0 Å². The first-order chi connectivity index (χ1) is 7.29. The summed E-state index contributed by atoms with van der Waals surface area (Å²) in [4.78, 5) is 31.3. The Balaban J connectivity index is 0. The van der Waals surface area contributed by atoms with Crippen molar-refractivity contribution in [1.82, 2.24) is 0 Å². The zero-order chi connectivity index (χ0) is 13.1. The molecule has 0 aliphatic heterocycles. The van der Waals surface area contributed by atoms with Gasteiger partial charge in [-0.1, -0.05) is 0 Å². The van der Waals surface area contributed by atoms with Crippen molar-refractivity contribution in [2.75, 3.05) is 13.2 Å². The van der Waals surface area contributed by atoms with Gasteiger partial charge in [0.2, 0.25) is 0 Å². The second-order valence-electron chi connectivity index (χ2n) is 2.76. The fourth-order valence-corrected chi connectivity index (χ4v) is 0.944. The lowest BCUT2D eigenvalue weighted by atomic mass is 10.4. The van der Waals surface area contributed by atoms with Gasteiger partial charge < -0.3 is 34.5 Å². The Kier molecular flexibility index (Phi) is 14.2. The second kappa shape index (κ2) is 12.0. The topological polar surface area (TPSA) is 140 Å². The van der Waals surface area contributed by atoms with Gasteiger partial charge in [0, 0.05) is 0 Å². The first-order valence-electron chi connectivity index (χ1n) is 4.24. The van der Waals surface area contributed by atoms with E-state index in [4.69, 9.17) is 34.5 Å². The van der Waals surface area contributed by atoms with Crippen LogP contribution in [0.15, 0.2) is 0 Å². The highest BCUT2D eigenvalue weighted by Crippen LogP contribution is 2.41. The molecule has 100 valence electrons. The molecule has 10 heteroatoms. The van der Waals surface area contributed by atoms with Crippen molar-refractivity contribution in [3.8, 4) is 0 Å². The number of aliphatic hydroxyl groups excluding tert-OH is 2. The Morgan fingerprint density at radius 2 is 1.50 bits per heavy atom. The van der Waals surface area contributed by atoms with Crippen LogP contribution < -0.4 is 0 Å². The fraction of sp³-hybridized carbons (Fsp3) is 1.00. The van der Waals surface area contributed by atoms with Gasteiger partial charge >= 0.3 is 17.2 Å². The number of ether oxygens (including phenoxy) is 1. The number of aliphatic hydroxyl groups is 2. The molecule has 0 fully saturated rings. The minimum Gasteiger partial charge on any atom is -0.394 e.